The third kappa shape index (κ3) is 4.87. The molecule has 2 atom stereocenters. The molecule has 0 N–H and O–H groups in total. The lowest BCUT2D eigenvalue weighted by molar-refractivity contribution is 0.650. The van der Waals surface area contributed by atoms with E-state index in [4.69, 9.17) is 11.6 Å². The van der Waals surface area contributed by atoms with Crippen LogP contribution in [0.15, 0.2) is 46.5 Å². The maximum absolute atomic E-state index is 12.3. The lowest BCUT2D eigenvalue weighted by Crippen LogP contribution is -2.28. The highest BCUT2D eigenvalue weighted by molar-refractivity contribution is 7.85. The fraction of sp³-hybridized carbons (Fsp3) is 0.381. The number of halogens is 1. The Labute approximate surface area is 164 Å². The van der Waals surface area contributed by atoms with E-state index in [1.54, 1.807) is 0 Å². The normalized spacial score (nSPS) is 18.9. The monoisotopic (exact) mass is 388 g/mol. The maximum Gasteiger partial charge on any atom is 0.145 e. The number of nitrogens with zero attached hydrogens (tertiary/aromatic N) is 2. The molecule has 0 saturated heterocycles. The fourth-order valence-electron chi connectivity index (χ4n) is 2.44. The number of hydrogen-bond acceptors (Lipinski definition) is 2. The van der Waals surface area contributed by atoms with E-state index in [9.17, 15) is 4.21 Å². The minimum absolute atomic E-state index is 0.201. The van der Waals surface area contributed by atoms with Gasteiger partial charge in [-0.25, -0.2) is 4.21 Å². The van der Waals surface area contributed by atoms with Crippen molar-refractivity contribution in [2.24, 2.45) is 4.40 Å². The average Bonchev–Trinajstić information content (AvgIpc) is 2.56. The van der Waals surface area contributed by atoms with Gasteiger partial charge in [-0.15, -0.1) is 5.92 Å². The van der Waals surface area contributed by atoms with Gasteiger partial charge in [0.25, 0.3) is 0 Å². The Balaban J connectivity index is 2.44. The Morgan fingerprint density at radius 1 is 1.35 bits per heavy atom. The van der Waals surface area contributed by atoms with Gasteiger partial charge in [-0.2, -0.15) is 4.40 Å². The van der Waals surface area contributed by atoms with Gasteiger partial charge in [-0.1, -0.05) is 23.6 Å². The largest absolute Gasteiger partial charge is 0.340 e. The highest BCUT2D eigenvalue weighted by Crippen LogP contribution is 2.28. The van der Waals surface area contributed by atoms with Gasteiger partial charge in [-0.3, -0.25) is 0 Å². The van der Waals surface area contributed by atoms with Gasteiger partial charge in [0.15, 0.2) is 0 Å². The molecular formula is C21H25ClN2OS. The van der Waals surface area contributed by atoms with Crippen LogP contribution in [0.1, 0.15) is 47.1 Å². The van der Waals surface area contributed by atoms with Crippen LogP contribution in [-0.2, 0) is 11.0 Å². The molecule has 1 aliphatic rings. The van der Waals surface area contributed by atoms with Gasteiger partial charge in [0.1, 0.15) is 11.0 Å². The minimum atomic E-state index is -1.33. The summed E-state index contributed by atoms with van der Waals surface area (Å²) in [4.78, 5) is 2.15. The summed E-state index contributed by atoms with van der Waals surface area (Å²) in [7, 11) is -1.33. The molecule has 1 unspecified atom stereocenters. The van der Waals surface area contributed by atoms with E-state index in [1.807, 2.05) is 65.1 Å². The predicted octanol–water partition coefficient (Wildman–Crippen LogP) is 5.28. The van der Waals surface area contributed by atoms with Crippen molar-refractivity contribution in [3.05, 3.63) is 52.7 Å². The Bertz CT molecular complexity index is 866. The first-order chi connectivity index (χ1) is 12.1. The second kappa shape index (κ2) is 8.24. The summed E-state index contributed by atoms with van der Waals surface area (Å²) in [6.45, 7) is 11.5. The Kier molecular flexibility index (Phi) is 6.49. The zero-order valence-corrected chi connectivity index (χ0v) is 17.7. The summed E-state index contributed by atoms with van der Waals surface area (Å²) in [5.74, 6) is 6.02. The van der Waals surface area contributed by atoms with Gasteiger partial charge < -0.3 is 4.90 Å². The third-order valence-electron chi connectivity index (χ3n) is 3.92. The van der Waals surface area contributed by atoms with Crippen LogP contribution in [0.3, 0.4) is 0 Å². The van der Waals surface area contributed by atoms with Crippen molar-refractivity contribution < 1.29 is 4.21 Å². The summed E-state index contributed by atoms with van der Waals surface area (Å²) >= 11 is 6.39. The van der Waals surface area contributed by atoms with Gasteiger partial charge in [-0.05, 0) is 65.8 Å². The van der Waals surface area contributed by atoms with Gasteiger partial charge in [0.2, 0.25) is 0 Å². The predicted molar refractivity (Wildman–Crippen MR) is 114 cm³/mol. The second-order valence-corrected chi connectivity index (χ2v) is 9.48. The molecule has 0 aromatic heterocycles. The van der Waals surface area contributed by atoms with Gasteiger partial charge in [0, 0.05) is 34.1 Å². The van der Waals surface area contributed by atoms with E-state index >= 15 is 0 Å². The average molecular weight is 389 g/mol. The van der Waals surface area contributed by atoms with Gasteiger partial charge >= 0.3 is 0 Å². The summed E-state index contributed by atoms with van der Waals surface area (Å²) in [6, 6.07) is 6.02. The van der Waals surface area contributed by atoms with Crippen molar-refractivity contribution in [3.8, 4) is 11.8 Å². The number of benzene rings is 1. The molecule has 138 valence electrons. The standard InChI is InChI=1S/C21H25ClN2OS/c1-7-8-17-10-9-15(2)24(14-17)18-11-12-20(22)19(13-18)16(3)23-26(25)21(4,5)6/h9-15H,1-6H3/b23-16+/t15-,26?/m1/s1. The molecule has 1 aliphatic heterocycles. The van der Waals surface area contributed by atoms with E-state index in [0.29, 0.717) is 10.7 Å². The first-order valence-electron chi connectivity index (χ1n) is 8.52. The molecule has 1 heterocycles. The molecule has 26 heavy (non-hydrogen) atoms. The molecule has 0 aliphatic carbocycles. The van der Waals surface area contributed by atoms with Gasteiger partial charge in [0.05, 0.1) is 10.5 Å². The van der Waals surface area contributed by atoms with Crippen molar-refractivity contribution in [1.29, 1.82) is 0 Å². The third-order valence-corrected chi connectivity index (χ3v) is 5.74. The maximum atomic E-state index is 12.3. The minimum Gasteiger partial charge on any atom is -0.340 e. The number of allylic oxidation sites excluding steroid dienone is 2. The first-order valence-corrected chi connectivity index (χ1v) is 10.0. The molecule has 1 aromatic carbocycles. The first kappa shape index (κ1) is 20.5. The molecule has 0 amide bonds. The smallest absolute Gasteiger partial charge is 0.145 e. The lowest BCUT2D eigenvalue weighted by atomic mass is 10.1. The van der Waals surface area contributed by atoms with Crippen LogP contribution in [0.25, 0.3) is 0 Å². The molecule has 5 heteroatoms. The summed E-state index contributed by atoms with van der Waals surface area (Å²) < 4.78 is 16.3. The Morgan fingerprint density at radius 3 is 2.65 bits per heavy atom. The summed E-state index contributed by atoms with van der Waals surface area (Å²) in [5.41, 5.74) is 3.41. The molecule has 0 fully saturated rings. The highest BCUT2D eigenvalue weighted by Gasteiger charge is 2.20. The number of anilines is 1. The van der Waals surface area contributed by atoms with Crippen molar-refractivity contribution in [2.75, 3.05) is 4.90 Å². The van der Waals surface area contributed by atoms with Crippen LogP contribution < -0.4 is 4.90 Å². The molecule has 0 spiro atoms. The molecule has 0 bridgehead atoms. The van der Waals surface area contributed by atoms with Crippen LogP contribution >= 0.6 is 11.6 Å². The van der Waals surface area contributed by atoms with E-state index < -0.39 is 15.7 Å². The number of rotatable bonds is 3. The van der Waals surface area contributed by atoms with Crippen LogP contribution in [-0.4, -0.2) is 20.7 Å². The van der Waals surface area contributed by atoms with E-state index in [1.165, 1.54) is 0 Å². The van der Waals surface area contributed by atoms with Crippen LogP contribution in [0, 0.1) is 11.8 Å². The lowest BCUT2D eigenvalue weighted by Gasteiger charge is -2.29. The van der Waals surface area contributed by atoms with Crippen molar-refractivity contribution in [1.82, 2.24) is 0 Å². The van der Waals surface area contributed by atoms with E-state index in [0.717, 1.165) is 16.8 Å². The zero-order chi connectivity index (χ0) is 19.5. The van der Waals surface area contributed by atoms with E-state index in [-0.39, 0.29) is 6.04 Å². The Hall–Kier alpha value is -1.83. The van der Waals surface area contributed by atoms with Crippen LogP contribution in [0.4, 0.5) is 5.69 Å². The number of hydrogen-bond donors (Lipinski definition) is 0. The van der Waals surface area contributed by atoms with E-state index in [2.05, 4.69) is 34.1 Å². The topological polar surface area (TPSA) is 32.7 Å². The zero-order valence-electron chi connectivity index (χ0n) is 16.1. The van der Waals surface area contributed by atoms with Crippen molar-refractivity contribution in [3.63, 3.8) is 0 Å². The van der Waals surface area contributed by atoms with Crippen molar-refractivity contribution >= 4 is 34.0 Å². The molecule has 1 aromatic rings. The fourth-order valence-corrected chi connectivity index (χ4v) is 3.31. The molecule has 0 radical (unpaired) electrons. The summed E-state index contributed by atoms with van der Waals surface area (Å²) in [5, 5.41) is 0.596. The Morgan fingerprint density at radius 2 is 2.04 bits per heavy atom. The summed E-state index contributed by atoms with van der Waals surface area (Å²) in [6.07, 6.45) is 6.19. The molecular weight excluding hydrogens is 364 g/mol. The second-order valence-electron chi connectivity index (χ2n) is 7.17. The molecule has 3 nitrogen and oxygen atoms in total. The van der Waals surface area contributed by atoms with Crippen LogP contribution in [0.2, 0.25) is 5.02 Å². The van der Waals surface area contributed by atoms with Crippen LogP contribution in [0.5, 0.6) is 0 Å². The molecule has 0 saturated carbocycles. The highest BCUT2D eigenvalue weighted by atomic mass is 35.5. The quantitative estimate of drug-likeness (QED) is 0.521. The van der Waals surface area contributed by atoms with Crippen molar-refractivity contribution in [2.45, 2.75) is 52.3 Å². The molecule has 2 rings (SSSR count). The SMILES string of the molecule is CC#CC1=CN(c2ccc(Cl)c(/C(C)=N/S(=O)C(C)(C)C)c2)[C@H](C)C=C1.